The molecule has 1 atom stereocenters. The zero-order chi connectivity index (χ0) is 14.9. The van der Waals surface area contributed by atoms with E-state index in [2.05, 4.69) is 0 Å². The molecule has 20 heavy (non-hydrogen) atoms. The van der Waals surface area contributed by atoms with Crippen LogP contribution in [-0.4, -0.2) is 30.2 Å². The molecule has 1 aromatic rings. The van der Waals surface area contributed by atoms with Gasteiger partial charge in [-0.15, -0.1) is 0 Å². The molecule has 0 bridgehead atoms. The Bertz CT molecular complexity index is 632. The normalized spacial score (nSPS) is 20.2. The summed E-state index contributed by atoms with van der Waals surface area (Å²) in [6.45, 7) is 2.17. The van der Waals surface area contributed by atoms with Gasteiger partial charge in [0.05, 0.1) is 4.92 Å². The smallest absolute Gasteiger partial charge is 0.258 e. The first-order valence-electron chi connectivity index (χ1n) is 6.34. The zero-order valence-corrected chi connectivity index (χ0v) is 11.8. The van der Waals surface area contributed by atoms with Gasteiger partial charge in [-0.3, -0.25) is 10.1 Å². The topological polar surface area (TPSA) is 80.5 Å². The highest BCUT2D eigenvalue weighted by molar-refractivity contribution is 7.89. The Hall–Kier alpha value is -1.54. The van der Waals surface area contributed by atoms with Gasteiger partial charge in [0.15, 0.2) is 4.90 Å². The average molecular weight is 302 g/mol. The van der Waals surface area contributed by atoms with Gasteiger partial charge in [0.2, 0.25) is 15.8 Å². The van der Waals surface area contributed by atoms with Crippen molar-refractivity contribution in [3.05, 3.63) is 34.1 Å². The van der Waals surface area contributed by atoms with Gasteiger partial charge >= 0.3 is 5.69 Å². The lowest BCUT2D eigenvalue weighted by atomic mass is 10.2. The van der Waals surface area contributed by atoms with Gasteiger partial charge < -0.3 is 0 Å². The molecule has 1 aliphatic rings. The van der Waals surface area contributed by atoms with E-state index < -0.39 is 31.3 Å². The van der Waals surface area contributed by atoms with Crippen molar-refractivity contribution in [2.24, 2.45) is 0 Å². The Morgan fingerprint density at radius 2 is 2.20 bits per heavy atom. The summed E-state index contributed by atoms with van der Waals surface area (Å²) in [6.07, 6.45) is 2.06. The summed E-state index contributed by atoms with van der Waals surface area (Å²) in [5.74, 6) is -1.14. The summed E-state index contributed by atoms with van der Waals surface area (Å²) >= 11 is 0. The van der Waals surface area contributed by atoms with Crippen LogP contribution in [0.15, 0.2) is 23.1 Å². The van der Waals surface area contributed by atoms with Gasteiger partial charge in [-0.25, -0.2) is 8.42 Å². The van der Waals surface area contributed by atoms with E-state index in [1.54, 1.807) is 0 Å². The number of nitro groups is 1. The highest BCUT2D eigenvalue weighted by Gasteiger charge is 2.39. The lowest BCUT2D eigenvalue weighted by molar-refractivity contribution is -0.390. The predicted molar refractivity (Wildman–Crippen MR) is 70.3 cm³/mol. The second kappa shape index (κ2) is 5.45. The lowest BCUT2D eigenvalue weighted by Gasteiger charge is -2.22. The number of hydrogen-bond acceptors (Lipinski definition) is 4. The van der Waals surface area contributed by atoms with Crippen LogP contribution in [-0.2, 0) is 10.0 Å². The number of hydrogen-bond donors (Lipinski definition) is 0. The fourth-order valence-corrected chi connectivity index (χ4v) is 4.48. The molecule has 0 N–H and O–H groups in total. The zero-order valence-electron chi connectivity index (χ0n) is 11.0. The molecule has 1 aliphatic heterocycles. The fourth-order valence-electron chi connectivity index (χ4n) is 2.54. The number of rotatable bonds is 4. The third-order valence-corrected chi connectivity index (χ3v) is 5.50. The van der Waals surface area contributed by atoms with E-state index in [1.165, 1.54) is 10.4 Å². The van der Waals surface area contributed by atoms with Crippen LogP contribution < -0.4 is 0 Å². The van der Waals surface area contributed by atoms with Crippen molar-refractivity contribution >= 4 is 15.7 Å². The van der Waals surface area contributed by atoms with Gasteiger partial charge in [0.25, 0.3) is 0 Å². The minimum atomic E-state index is -4.05. The van der Waals surface area contributed by atoms with Crippen LogP contribution in [0.25, 0.3) is 0 Å². The second-order valence-corrected chi connectivity index (χ2v) is 6.52. The highest BCUT2D eigenvalue weighted by atomic mass is 32.2. The van der Waals surface area contributed by atoms with Crippen LogP contribution in [0.3, 0.4) is 0 Å². The Morgan fingerprint density at radius 3 is 2.80 bits per heavy atom. The van der Waals surface area contributed by atoms with E-state index in [9.17, 15) is 22.9 Å². The van der Waals surface area contributed by atoms with E-state index in [0.29, 0.717) is 19.4 Å². The summed E-state index contributed by atoms with van der Waals surface area (Å²) in [5, 5.41) is 10.9. The highest BCUT2D eigenvalue weighted by Crippen LogP contribution is 2.33. The molecule has 1 saturated heterocycles. The number of benzene rings is 1. The molecule has 2 rings (SSSR count). The lowest BCUT2D eigenvalue weighted by Crippen LogP contribution is -2.35. The predicted octanol–water partition coefficient (Wildman–Crippen LogP) is 2.30. The molecule has 0 aliphatic carbocycles. The molecule has 0 radical (unpaired) electrons. The van der Waals surface area contributed by atoms with E-state index >= 15 is 0 Å². The second-order valence-electron chi connectivity index (χ2n) is 4.66. The monoisotopic (exact) mass is 302 g/mol. The van der Waals surface area contributed by atoms with Crippen LogP contribution in [0.5, 0.6) is 0 Å². The molecular formula is C12H15FN2O4S. The Morgan fingerprint density at radius 1 is 1.50 bits per heavy atom. The maximum absolute atomic E-state index is 13.6. The minimum absolute atomic E-state index is 0.178. The van der Waals surface area contributed by atoms with Crippen molar-refractivity contribution in [3.8, 4) is 0 Å². The van der Waals surface area contributed by atoms with Gasteiger partial charge in [-0.2, -0.15) is 8.70 Å². The summed E-state index contributed by atoms with van der Waals surface area (Å²) in [5.41, 5.74) is -0.978. The van der Waals surface area contributed by atoms with E-state index in [4.69, 9.17) is 0 Å². The number of nitro benzene ring substituents is 1. The Labute approximate surface area is 116 Å². The number of para-hydroxylation sites is 1. The molecule has 6 nitrogen and oxygen atoms in total. The first-order chi connectivity index (χ1) is 9.39. The van der Waals surface area contributed by atoms with Gasteiger partial charge in [0, 0.05) is 12.6 Å². The Kier molecular flexibility index (Phi) is 4.05. The van der Waals surface area contributed by atoms with E-state index in [-0.39, 0.29) is 6.04 Å². The number of sulfonamides is 1. The van der Waals surface area contributed by atoms with Crippen LogP contribution in [0.2, 0.25) is 0 Å². The third kappa shape index (κ3) is 2.40. The van der Waals surface area contributed by atoms with Crippen molar-refractivity contribution in [2.45, 2.75) is 37.1 Å². The summed E-state index contributed by atoms with van der Waals surface area (Å²) in [4.78, 5) is 9.38. The first kappa shape index (κ1) is 14.9. The van der Waals surface area contributed by atoms with Crippen LogP contribution in [0.4, 0.5) is 10.1 Å². The SMILES string of the molecule is CCC1CCCN1S(=O)(=O)c1cccc(F)c1[N+](=O)[O-]. The molecule has 1 unspecified atom stereocenters. The van der Waals surface area contributed by atoms with Crippen molar-refractivity contribution in [3.63, 3.8) is 0 Å². The van der Waals surface area contributed by atoms with E-state index in [0.717, 1.165) is 18.6 Å². The average Bonchev–Trinajstić information content (AvgIpc) is 2.86. The molecule has 110 valence electrons. The standard InChI is InChI=1S/C12H15FN2O4S/c1-2-9-5-4-8-14(9)20(18,19)11-7-3-6-10(13)12(11)15(16)17/h3,6-7,9H,2,4-5,8H2,1H3. The van der Waals surface area contributed by atoms with Crippen LogP contribution in [0, 0.1) is 15.9 Å². The largest absolute Gasteiger partial charge is 0.324 e. The van der Waals surface area contributed by atoms with Crippen molar-refractivity contribution in [1.29, 1.82) is 0 Å². The molecule has 1 fully saturated rings. The molecule has 0 aromatic heterocycles. The minimum Gasteiger partial charge on any atom is -0.258 e. The third-order valence-electron chi connectivity index (χ3n) is 3.51. The Balaban J connectivity index is 2.55. The molecule has 0 spiro atoms. The molecule has 8 heteroatoms. The molecule has 1 heterocycles. The number of halogens is 1. The van der Waals surface area contributed by atoms with Crippen molar-refractivity contribution in [1.82, 2.24) is 4.31 Å². The van der Waals surface area contributed by atoms with Crippen LogP contribution in [0.1, 0.15) is 26.2 Å². The van der Waals surface area contributed by atoms with Crippen LogP contribution >= 0.6 is 0 Å². The molecule has 0 amide bonds. The van der Waals surface area contributed by atoms with Crippen molar-refractivity contribution < 1.29 is 17.7 Å². The number of nitrogens with zero attached hydrogens (tertiary/aromatic N) is 2. The maximum atomic E-state index is 13.6. The van der Waals surface area contributed by atoms with Crippen molar-refractivity contribution in [2.75, 3.05) is 6.54 Å². The van der Waals surface area contributed by atoms with Gasteiger partial charge in [-0.1, -0.05) is 13.0 Å². The molecule has 1 aromatic carbocycles. The summed E-state index contributed by atoms with van der Waals surface area (Å²) < 4.78 is 39.9. The quantitative estimate of drug-likeness (QED) is 0.631. The molecular weight excluding hydrogens is 287 g/mol. The van der Waals surface area contributed by atoms with Gasteiger partial charge in [-0.05, 0) is 31.4 Å². The molecule has 0 saturated carbocycles. The maximum Gasteiger partial charge on any atom is 0.324 e. The first-order valence-corrected chi connectivity index (χ1v) is 7.78. The fraction of sp³-hybridized carbons (Fsp3) is 0.500. The van der Waals surface area contributed by atoms with E-state index in [1.807, 2.05) is 6.92 Å². The summed E-state index contributed by atoms with van der Waals surface area (Å²) in [7, 11) is -4.05. The van der Waals surface area contributed by atoms with Gasteiger partial charge in [0.1, 0.15) is 0 Å². The summed E-state index contributed by atoms with van der Waals surface area (Å²) in [6, 6.07) is 2.97.